The summed E-state index contributed by atoms with van der Waals surface area (Å²) in [6, 6.07) is 3.64. The Labute approximate surface area is 132 Å². The molecule has 0 unspecified atom stereocenters. The van der Waals surface area contributed by atoms with Gasteiger partial charge in [-0.25, -0.2) is 4.98 Å². The quantitative estimate of drug-likeness (QED) is 0.572. The molecule has 1 heterocycles. The van der Waals surface area contributed by atoms with Crippen molar-refractivity contribution in [3.05, 3.63) is 35.5 Å². The summed E-state index contributed by atoms with van der Waals surface area (Å²) in [6.45, 7) is 1.90. The summed E-state index contributed by atoms with van der Waals surface area (Å²) in [5.41, 5.74) is 2.12. The van der Waals surface area contributed by atoms with Crippen LogP contribution in [0.3, 0.4) is 0 Å². The van der Waals surface area contributed by atoms with Crippen LogP contribution in [0.15, 0.2) is 30.0 Å². The van der Waals surface area contributed by atoms with Crippen LogP contribution in [0.25, 0.3) is 0 Å². The molecule has 0 bridgehead atoms. The molecular weight excluding hydrogens is 278 g/mol. The van der Waals surface area contributed by atoms with Gasteiger partial charge in [-0.1, -0.05) is 11.6 Å². The van der Waals surface area contributed by atoms with E-state index in [0.717, 1.165) is 18.8 Å². The van der Waals surface area contributed by atoms with Crippen molar-refractivity contribution in [2.45, 2.75) is 32.1 Å². The highest BCUT2D eigenvalue weighted by Gasteiger charge is 2.06. The summed E-state index contributed by atoms with van der Waals surface area (Å²) in [5, 5.41) is 6.08. The molecule has 0 aliphatic heterocycles. The Morgan fingerprint density at radius 1 is 1.32 bits per heavy atom. The number of pyridine rings is 1. The molecule has 0 saturated carbocycles. The van der Waals surface area contributed by atoms with Gasteiger partial charge in [0, 0.05) is 26.4 Å². The highest BCUT2D eigenvalue weighted by atomic mass is 16.5. The number of nitrogens with zero attached hydrogens (tertiary/aromatic N) is 1. The fourth-order valence-corrected chi connectivity index (χ4v) is 2.48. The van der Waals surface area contributed by atoms with Crippen LogP contribution in [0.5, 0.6) is 0 Å². The number of hydrogen-bond acceptors (Lipinski definition) is 4. The van der Waals surface area contributed by atoms with Crippen LogP contribution in [0, 0.1) is 0 Å². The SMILES string of the molecule is COCCNC(=O)c1ccc(NCCC2=CCCCC2)nc1. The number of nitrogens with one attached hydrogen (secondary N) is 2. The van der Waals surface area contributed by atoms with E-state index in [9.17, 15) is 4.79 Å². The summed E-state index contributed by atoms with van der Waals surface area (Å²) in [4.78, 5) is 16.1. The van der Waals surface area contributed by atoms with Crippen molar-refractivity contribution in [1.29, 1.82) is 0 Å². The molecule has 2 rings (SSSR count). The Hall–Kier alpha value is -1.88. The summed E-state index contributed by atoms with van der Waals surface area (Å²) in [6.07, 6.45) is 10.1. The van der Waals surface area contributed by atoms with Crippen LogP contribution in [0.4, 0.5) is 5.82 Å². The molecule has 1 aromatic rings. The molecular formula is C17H25N3O2. The average Bonchev–Trinajstić information content (AvgIpc) is 2.56. The lowest BCUT2D eigenvalue weighted by Crippen LogP contribution is -2.27. The number of carbonyl (C=O) groups excluding carboxylic acids is 1. The van der Waals surface area contributed by atoms with Gasteiger partial charge in [-0.2, -0.15) is 0 Å². The van der Waals surface area contributed by atoms with Crippen LogP contribution in [-0.4, -0.2) is 37.7 Å². The average molecular weight is 303 g/mol. The first kappa shape index (κ1) is 16.5. The number of hydrogen-bond donors (Lipinski definition) is 2. The second kappa shape index (κ2) is 9.20. The Kier molecular flexibility index (Phi) is 6.90. The maximum Gasteiger partial charge on any atom is 0.252 e. The molecule has 0 saturated heterocycles. The number of rotatable bonds is 8. The molecule has 0 atom stereocenters. The lowest BCUT2D eigenvalue weighted by molar-refractivity contribution is 0.0937. The van der Waals surface area contributed by atoms with Crippen molar-refractivity contribution in [3.8, 4) is 0 Å². The molecule has 2 N–H and O–H groups in total. The van der Waals surface area contributed by atoms with Gasteiger partial charge in [0.1, 0.15) is 5.82 Å². The number of carbonyl (C=O) groups is 1. The van der Waals surface area contributed by atoms with Crippen molar-refractivity contribution in [3.63, 3.8) is 0 Å². The first-order valence-electron chi connectivity index (χ1n) is 7.94. The van der Waals surface area contributed by atoms with Crippen LogP contribution in [-0.2, 0) is 4.74 Å². The molecule has 1 aliphatic rings. The van der Waals surface area contributed by atoms with E-state index < -0.39 is 0 Å². The molecule has 5 heteroatoms. The standard InChI is InChI=1S/C17H25N3O2/c1-22-12-11-19-17(21)15-7-8-16(20-13-15)18-10-9-14-5-3-2-4-6-14/h5,7-8,13H,2-4,6,9-12H2,1H3,(H,18,20)(H,19,21). The zero-order chi connectivity index (χ0) is 15.6. The molecule has 0 spiro atoms. The predicted octanol–water partition coefficient (Wildman–Crippen LogP) is 2.76. The molecule has 1 aromatic heterocycles. The van der Waals surface area contributed by atoms with Gasteiger partial charge in [-0.3, -0.25) is 4.79 Å². The van der Waals surface area contributed by atoms with E-state index in [1.54, 1.807) is 24.9 Å². The van der Waals surface area contributed by atoms with E-state index in [0.29, 0.717) is 18.7 Å². The van der Waals surface area contributed by atoms with E-state index in [2.05, 4.69) is 21.7 Å². The highest BCUT2D eigenvalue weighted by Crippen LogP contribution is 2.19. The van der Waals surface area contributed by atoms with Crippen LogP contribution in [0.1, 0.15) is 42.5 Å². The molecule has 22 heavy (non-hydrogen) atoms. The van der Waals surface area contributed by atoms with Crippen LogP contribution in [0.2, 0.25) is 0 Å². The number of amides is 1. The van der Waals surface area contributed by atoms with Gasteiger partial charge in [-0.05, 0) is 44.2 Å². The number of methoxy groups -OCH3 is 1. The lowest BCUT2D eigenvalue weighted by Gasteiger charge is -2.13. The fraction of sp³-hybridized carbons (Fsp3) is 0.529. The van der Waals surface area contributed by atoms with Gasteiger partial charge in [0.2, 0.25) is 0 Å². The third-order valence-electron chi connectivity index (χ3n) is 3.75. The lowest BCUT2D eigenvalue weighted by atomic mass is 9.97. The summed E-state index contributed by atoms with van der Waals surface area (Å²) >= 11 is 0. The first-order valence-corrected chi connectivity index (χ1v) is 7.94. The Morgan fingerprint density at radius 3 is 2.91 bits per heavy atom. The molecule has 0 aromatic carbocycles. The largest absolute Gasteiger partial charge is 0.383 e. The van der Waals surface area contributed by atoms with Gasteiger partial charge >= 0.3 is 0 Å². The van der Waals surface area contributed by atoms with E-state index in [-0.39, 0.29) is 5.91 Å². The van der Waals surface area contributed by atoms with E-state index in [1.807, 2.05) is 6.07 Å². The number of allylic oxidation sites excluding steroid dienone is 1. The minimum atomic E-state index is -0.122. The second-order valence-corrected chi connectivity index (χ2v) is 5.47. The molecule has 0 fully saturated rings. The van der Waals surface area contributed by atoms with Gasteiger partial charge in [0.25, 0.3) is 5.91 Å². The Morgan fingerprint density at radius 2 is 2.23 bits per heavy atom. The van der Waals surface area contributed by atoms with Crippen LogP contribution < -0.4 is 10.6 Å². The fourth-order valence-electron chi connectivity index (χ4n) is 2.48. The number of anilines is 1. The van der Waals surface area contributed by atoms with Gasteiger partial charge < -0.3 is 15.4 Å². The van der Waals surface area contributed by atoms with E-state index in [4.69, 9.17) is 4.74 Å². The van der Waals surface area contributed by atoms with Crippen molar-refractivity contribution >= 4 is 11.7 Å². The topological polar surface area (TPSA) is 63.2 Å². The summed E-state index contributed by atoms with van der Waals surface area (Å²) in [7, 11) is 1.61. The number of aromatic nitrogens is 1. The monoisotopic (exact) mass is 303 g/mol. The predicted molar refractivity (Wildman–Crippen MR) is 88.1 cm³/mol. The van der Waals surface area contributed by atoms with Gasteiger partial charge in [-0.15, -0.1) is 0 Å². The summed E-state index contributed by atoms with van der Waals surface area (Å²) < 4.78 is 4.90. The Bertz CT molecular complexity index is 497. The maximum absolute atomic E-state index is 11.8. The minimum absolute atomic E-state index is 0.122. The maximum atomic E-state index is 11.8. The Balaban J connectivity index is 1.74. The van der Waals surface area contributed by atoms with Crippen molar-refractivity contribution in [2.75, 3.05) is 32.1 Å². The third kappa shape index (κ3) is 5.48. The second-order valence-electron chi connectivity index (χ2n) is 5.47. The molecule has 5 nitrogen and oxygen atoms in total. The van der Waals surface area contributed by atoms with E-state index >= 15 is 0 Å². The molecule has 120 valence electrons. The van der Waals surface area contributed by atoms with Crippen molar-refractivity contribution < 1.29 is 9.53 Å². The molecule has 1 amide bonds. The van der Waals surface area contributed by atoms with Crippen molar-refractivity contribution in [1.82, 2.24) is 10.3 Å². The normalized spacial score (nSPS) is 14.3. The third-order valence-corrected chi connectivity index (χ3v) is 3.75. The van der Waals surface area contributed by atoms with Crippen molar-refractivity contribution in [2.24, 2.45) is 0 Å². The number of ether oxygens (including phenoxy) is 1. The van der Waals surface area contributed by atoms with E-state index in [1.165, 1.54) is 25.7 Å². The zero-order valence-electron chi connectivity index (χ0n) is 13.2. The zero-order valence-corrected chi connectivity index (χ0v) is 13.2. The first-order chi connectivity index (χ1) is 10.8. The molecule has 0 radical (unpaired) electrons. The minimum Gasteiger partial charge on any atom is -0.383 e. The highest BCUT2D eigenvalue weighted by molar-refractivity contribution is 5.94. The molecule has 1 aliphatic carbocycles. The van der Waals surface area contributed by atoms with Crippen LogP contribution >= 0.6 is 0 Å². The summed E-state index contributed by atoms with van der Waals surface area (Å²) in [5.74, 6) is 0.688. The van der Waals surface area contributed by atoms with Gasteiger partial charge in [0.05, 0.1) is 12.2 Å². The smallest absolute Gasteiger partial charge is 0.252 e. The van der Waals surface area contributed by atoms with Gasteiger partial charge in [0.15, 0.2) is 0 Å².